The van der Waals surface area contributed by atoms with Crippen LogP contribution >= 0.6 is 0 Å². The summed E-state index contributed by atoms with van der Waals surface area (Å²) in [6, 6.07) is 12.9. The van der Waals surface area contributed by atoms with Gasteiger partial charge in [0.25, 0.3) is 6.43 Å². The third kappa shape index (κ3) is 4.03. The van der Waals surface area contributed by atoms with Crippen LogP contribution in [-0.2, 0) is 16.0 Å². The van der Waals surface area contributed by atoms with Crippen LogP contribution in [0.25, 0.3) is 32.8 Å². The van der Waals surface area contributed by atoms with Crippen LogP contribution in [0.2, 0.25) is 0 Å². The topological polar surface area (TPSA) is 48.4 Å². The summed E-state index contributed by atoms with van der Waals surface area (Å²) in [5.41, 5.74) is 3.38. The van der Waals surface area contributed by atoms with E-state index in [9.17, 15) is 13.6 Å². The van der Waals surface area contributed by atoms with Crippen molar-refractivity contribution in [3.05, 3.63) is 70.9 Å². The number of halogens is 2. The summed E-state index contributed by atoms with van der Waals surface area (Å²) in [6.07, 6.45) is -1.21. The van der Waals surface area contributed by atoms with Gasteiger partial charge in [0.05, 0.1) is 17.7 Å². The van der Waals surface area contributed by atoms with Gasteiger partial charge in [0.1, 0.15) is 11.9 Å². The first-order valence-corrected chi connectivity index (χ1v) is 12.1. The molecule has 0 aliphatic carbocycles. The molecule has 0 spiro atoms. The van der Waals surface area contributed by atoms with Crippen molar-refractivity contribution in [2.45, 2.75) is 59.2 Å². The summed E-state index contributed by atoms with van der Waals surface area (Å²) >= 11 is 0. The molecule has 186 valence electrons. The van der Waals surface area contributed by atoms with Crippen molar-refractivity contribution in [2.24, 2.45) is 0 Å². The van der Waals surface area contributed by atoms with Crippen LogP contribution in [-0.4, -0.2) is 23.0 Å². The van der Waals surface area contributed by atoms with Gasteiger partial charge in [0.2, 0.25) is 0 Å². The minimum Gasteiger partial charge on any atom is -0.493 e. The average Bonchev–Trinajstić information content (AvgIpc) is 2.82. The van der Waals surface area contributed by atoms with Gasteiger partial charge in [-0.3, -0.25) is 9.78 Å². The molecule has 0 bridgehead atoms. The highest BCUT2D eigenvalue weighted by Crippen LogP contribution is 2.47. The Balaban J connectivity index is 1.97. The fourth-order valence-corrected chi connectivity index (χ4v) is 5.32. The van der Waals surface area contributed by atoms with Crippen molar-refractivity contribution < 1.29 is 23.0 Å². The normalized spacial score (nSPS) is 14.3. The molecule has 1 aliphatic rings. The molecule has 0 unspecified atom stereocenters. The minimum atomic E-state index is -2.72. The number of alkyl halides is 2. The van der Waals surface area contributed by atoms with E-state index in [0.717, 1.165) is 34.2 Å². The van der Waals surface area contributed by atoms with Gasteiger partial charge in [0.15, 0.2) is 5.78 Å². The number of ether oxygens (including phenoxy) is 2. The molecule has 0 fully saturated rings. The number of hydrogen-bond acceptors (Lipinski definition) is 4. The highest BCUT2D eigenvalue weighted by atomic mass is 19.3. The number of fused-ring (bicyclic) bond motifs is 1. The number of pyridine rings is 1. The van der Waals surface area contributed by atoms with Gasteiger partial charge in [-0.1, -0.05) is 24.3 Å². The molecule has 1 atom stereocenters. The molecule has 0 radical (unpaired) electrons. The van der Waals surface area contributed by atoms with Gasteiger partial charge in [-0.05, 0) is 80.3 Å². The molecule has 4 aromatic rings. The number of rotatable bonds is 5. The maximum absolute atomic E-state index is 14.5. The number of carbonyl (C=O) groups is 1. The predicted octanol–water partition coefficient (Wildman–Crippen LogP) is 7.68. The lowest BCUT2D eigenvalue weighted by Crippen LogP contribution is -2.27. The van der Waals surface area contributed by atoms with E-state index < -0.39 is 18.1 Å². The summed E-state index contributed by atoms with van der Waals surface area (Å²) in [7, 11) is 0. The van der Waals surface area contributed by atoms with Crippen molar-refractivity contribution >= 4 is 27.5 Å². The predicted molar refractivity (Wildman–Crippen MR) is 138 cm³/mol. The highest BCUT2D eigenvalue weighted by Gasteiger charge is 2.33. The quantitative estimate of drug-likeness (QED) is 0.288. The maximum Gasteiger partial charge on any atom is 0.264 e. The standard InChI is InChI=1S/C30H29F2NO3/c1-16-23(29(31)32)19-8-6-7-9-20(19)26(24(16)28(17(2)34)36-30(3,4)5)21-10-11-22-25-18(13-15-35-22)12-14-33-27(21)25/h6-12,14,28-29H,13,15H2,1-5H3/t28-/m1/s1. The van der Waals surface area contributed by atoms with Gasteiger partial charge in [-0.25, -0.2) is 8.78 Å². The molecular weight excluding hydrogens is 460 g/mol. The zero-order valence-electron chi connectivity index (χ0n) is 21.1. The first-order chi connectivity index (χ1) is 17.1. The zero-order chi connectivity index (χ0) is 25.8. The summed E-state index contributed by atoms with van der Waals surface area (Å²) in [5.74, 6) is 0.507. The van der Waals surface area contributed by atoms with E-state index in [4.69, 9.17) is 14.5 Å². The first-order valence-electron chi connectivity index (χ1n) is 12.1. The lowest BCUT2D eigenvalue weighted by molar-refractivity contribution is -0.138. The number of nitrogens with zero attached hydrogens (tertiary/aromatic N) is 1. The third-order valence-corrected chi connectivity index (χ3v) is 6.72. The van der Waals surface area contributed by atoms with Gasteiger partial charge in [-0.15, -0.1) is 0 Å². The van der Waals surface area contributed by atoms with E-state index in [0.29, 0.717) is 34.1 Å². The lowest BCUT2D eigenvalue weighted by atomic mass is 9.82. The van der Waals surface area contributed by atoms with E-state index in [1.54, 1.807) is 25.3 Å². The molecule has 0 saturated carbocycles. The van der Waals surface area contributed by atoms with Crippen LogP contribution in [0.3, 0.4) is 0 Å². The van der Waals surface area contributed by atoms with Crippen molar-refractivity contribution in [1.82, 2.24) is 4.98 Å². The molecule has 5 rings (SSSR count). The van der Waals surface area contributed by atoms with Crippen LogP contribution in [0.1, 0.15) is 62.5 Å². The van der Waals surface area contributed by atoms with E-state index in [2.05, 4.69) is 0 Å². The molecular formula is C30H29F2NO3. The molecule has 6 heteroatoms. The van der Waals surface area contributed by atoms with Gasteiger partial charge >= 0.3 is 0 Å². The second-order valence-corrected chi connectivity index (χ2v) is 10.3. The first kappa shape index (κ1) is 24.3. The Kier molecular flexibility index (Phi) is 6.03. The fourth-order valence-electron chi connectivity index (χ4n) is 5.32. The Morgan fingerprint density at radius 3 is 2.44 bits per heavy atom. The van der Waals surface area contributed by atoms with Crippen LogP contribution in [0.15, 0.2) is 48.7 Å². The Labute approximate surface area is 209 Å². The highest BCUT2D eigenvalue weighted by molar-refractivity contribution is 6.10. The van der Waals surface area contributed by atoms with Crippen molar-refractivity contribution in [2.75, 3.05) is 6.61 Å². The monoisotopic (exact) mass is 489 g/mol. The molecule has 0 amide bonds. The summed E-state index contributed by atoms with van der Waals surface area (Å²) in [4.78, 5) is 17.8. The second kappa shape index (κ2) is 8.93. The minimum absolute atomic E-state index is 0.0767. The lowest BCUT2D eigenvalue weighted by Gasteiger charge is -2.31. The Morgan fingerprint density at radius 1 is 1.06 bits per heavy atom. The molecule has 4 nitrogen and oxygen atoms in total. The Hall–Kier alpha value is -3.38. The zero-order valence-corrected chi connectivity index (χ0v) is 21.1. The largest absolute Gasteiger partial charge is 0.493 e. The van der Waals surface area contributed by atoms with E-state index in [1.807, 2.05) is 51.1 Å². The van der Waals surface area contributed by atoms with Crippen molar-refractivity contribution in [1.29, 1.82) is 0 Å². The summed E-state index contributed by atoms with van der Waals surface area (Å²) in [5, 5.41) is 2.01. The van der Waals surface area contributed by atoms with Crippen LogP contribution < -0.4 is 4.74 Å². The van der Waals surface area contributed by atoms with Gasteiger partial charge in [0, 0.05) is 34.7 Å². The van der Waals surface area contributed by atoms with Crippen LogP contribution in [0.5, 0.6) is 5.75 Å². The van der Waals surface area contributed by atoms with Crippen LogP contribution in [0, 0.1) is 6.92 Å². The summed E-state index contributed by atoms with van der Waals surface area (Å²) in [6.45, 7) is 9.27. The van der Waals surface area contributed by atoms with Crippen molar-refractivity contribution in [3.8, 4) is 16.9 Å². The molecule has 0 N–H and O–H groups in total. The molecule has 3 aromatic carbocycles. The number of hydrogen-bond donors (Lipinski definition) is 0. The Bertz CT molecular complexity index is 1490. The van der Waals surface area contributed by atoms with E-state index >= 15 is 0 Å². The Morgan fingerprint density at radius 2 is 1.78 bits per heavy atom. The number of ketones is 1. The number of benzene rings is 3. The third-order valence-electron chi connectivity index (χ3n) is 6.72. The number of Topliss-reactive ketones (excluding diaryl/α,β-unsaturated/α-hetero) is 1. The number of carbonyl (C=O) groups excluding carboxylic acids is 1. The SMILES string of the molecule is CC(=O)[C@@H](OC(C)(C)C)c1c(C)c(C(F)F)c2ccccc2c1-c1ccc2c3c(ccnc13)CCO2. The second-order valence-electron chi connectivity index (χ2n) is 10.3. The smallest absolute Gasteiger partial charge is 0.264 e. The van der Waals surface area contributed by atoms with E-state index in [-0.39, 0.29) is 11.3 Å². The van der Waals surface area contributed by atoms with Crippen LogP contribution in [0.4, 0.5) is 8.78 Å². The van der Waals surface area contributed by atoms with Gasteiger partial charge in [-0.2, -0.15) is 0 Å². The summed E-state index contributed by atoms with van der Waals surface area (Å²) < 4.78 is 41.2. The van der Waals surface area contributed by atoms with Crippen molar-refractivity contribution in [3.63, 3.8) is 0 Å². The van der Waals surface area contributed by atoms with E-state index in [1.165, 1.54) is 6.92 Å². The number of aromatic nitrogens is 1. The molecule has 36 heavy (non-hydrogen) atoms. The maximum atomic E-state index is 14.5. The molecule has 0 saturated heterocycles. The fraction of sp³-hybridized carbons (Fsp3) is 0.333. The van der Waals surface area contributed by atoms with Gasteiger partial charge < -0.3 is 9.47 Å². The average molecular weight is 490 g/mol. The molecule has 1 aliphatic heterocycles. The molecule has 2 heterocycles. The molecule has 1 aromatic heterocycles.